The molecule has 2 nitrogen and oxygen atoms in total. The fraction of sp³-hybridized carbons (Fsp3) is 0.273. The lowest BCUT2D eigenvalue weighted by molar-refractivity contribution is 0.798. The van der Waals surface area contributed by atoms with Gasteiger partial charge in [0, 0.05) is 12.1 Å². The lowest BCUT2D eigenvalue weighted by Gasteiger charge is -2.06. The quantitative estimate of drug-likeness (QED) is 0.607. The molecule has 1 atom stereocenters. The highest BCUT2D eigenvalue weighted by atomic mass is 14.7. The van der Waals surface area contributed by atoms with Crippen molar-refractivity contribution < 1.29 is 0 Å². The van der Waals surface area contributed by atoms with Crippen LogP contribution in [-0.4, -0.2) is 4.98 Å². The molecule has 64 valence electrons. The molecule has 0 bridgehead atoms. The van der Waals surface area contributed by atoms with Crippen LogP contribution in [-0.2, 0) is 0 Å². The van der Waals surface area contributed by atoms with Gasteiger partial charge in [0.1, 0.15) is 11.8 Å². The monoisotopic (exact) mass is 170 g/mol. The van der Waals surface area contributed by atoms with Crippen molar-refractivity contribution in [3.8, 4) is 6.07 Å². The summed E-state index contributed by atoms with van der Waals surface area (Å²) < 4.78 is 0. The molecule has 1 heterocycles. The van der Waals surface area contributed by atoms with Gasteiger partial charge in [0.2, 0.25) is 0 Å². The van der Waals surface area contributed by atoms with Crippen molar-refractivity contribution >= 4 is 0 Å². The van der Waals surface area contributed by atoms with Crippen LogP contribution in [0.4, 0.5) is 0 Å². The Morgan fingerprint density at radius 3 is 3.15 bits per heavy atom. The third kappa shape index (κ3) is 1.59. The number of nitrogens with zero attached hydrogens (tertiary/aromatic N) is 2. The summed E-state index contributed by atoms with van der Waals surface area (Å²) in [5.41, 5.74) is 1.72. The summed E-state index contributed by atoms with van der Waals surface area (Å²) in [5.74, 6) is 0.495. The van der Waals surface area contributed by atoms with Gasteiger partial charge in [-0.2, -0.15) is 5.26 Å². The Balaban J connectivity index is 2.30. The van der Waals surface area contributed by atoms with E-state index in [1.54, 1.807) is 6.20 Å². The van der Waals surface area contributed by atoms with Gasteiger partial charge in [0.25, 0.3) is 0 Å². The summed E-state index contributed by atoms with van der Waals surface area (Å²) in [6.07, 6.45) is 8.41. The van der Waals surface area contributed by atoms with Crippen LogP contribution in [0.25, 0.3) is 0 Å². The maximum Gasteiger partial charge on any atom is 0.140 e. The molecule has 1 aromatic rings. The SMILES string of the molecule is N#Cc1cc(C2C=CCC2)ccn1. The maximum atomic E-state index is 8.67. The van der Waals surface area contributed by atoms with Crippen LogP contribution in [0.15, 0.2) is 30.5 Å². The Labute approximate surface area is 77.5 Å². The fourth-order valence-corrected chi connectivity index (χ4v) is 1.65. The molecule has 2 heteroatoms. The standard InChI is InChI=1S/C11H10N2/c12-8-11-7-10(5-6-13-11)9-3-1-2-4-9/h1,3,5-7,9H,2,4H2. The van der Waals surface area contributed by atoms with E-state index < -0.39 is 0 Å². The Kier molecular flexibility index (Phi) is 2.09. The molecule has 1 aromatic heterocycles. The van der Waals surface area contributed by atoms with Crippen LogP contribution in [0.2, 0.25) is 0 Å². The van der Waals surface area contributed by atoms with Gasteiger partial charge < -0.3 is 0 Å². The summed E-state index contributed by atoms with van der Waals surface area (Å²) in [4.78, 5) is 3.94. The number of allylic oxidation sites excluding steroid dienone is 2. The van der Waals surface area contributed by atoms with Crippen molar-refractivity contribution in [3.05, 3.63) is 41.7 Å². The van der Waals surface area contributed by atoms with Gasteiger partial charge in [-0.1, -0.05) is 12.2 Å². The largest absolute Gasteiger partial charge is 0.246 e. The predicted molar refractivity (Wildman–Crippen MR) is 50.1 cm³/mol. The van der Waals surface area contributed by atoms with E-state index in [2.05, 4.69) is 23.2 Å². The van der Waals surface area contributed by atoms with Gasteiger partial charge in [-0.25, -0.2) is 4.98 Å². The first kappa shape index (κ1) is 8.00. The van der Waals surface area contributed by atoms with Crippen LogP contribution in [0.5, 0.6) is 0 Å². The molecule has 0 aromatic carbocycles. The van der Waals surface area contributed by atoms with Gasteiger partial charge >= 0.3 is 0 Å². The second-order valence-electron chi connectivity index (χ2n) is 3.20. The van der Waals surface area contributed by atoms with Crippen LogP contribution in [0.1, 0.15) is 30.0 Å². The minimum Gasteiger partial charge on any atom is -0.246 e. The topological polar surface area (TPSA) is 36.7 Å². The third-order valence-electron chi connectivity index (χ3n) is 2.34. The number of hydrogen-bond donors (Lipinski definition) is 0. The molecule has 0 spiro atoms. The van der Waals surface area contributed by atoms with Crippen molar-refractivity contribution in [1.82, 2.24) is 4.98 Å². The van der Waals surface area contributed by atoms with Crippen molar-refractivity contribution in [1.29, 1.82) is 5.26 Å². The summed E-state index contributed by atoms with van der Waals surface area (Å²) >= 11 is 0. The Hall–Kier alpha value is -1.62. The van der Waals surface area contributed by atoms with Crippen molar-refractivity contribution in [2.75, 3.05) is 0 Å². The van der Waals surface area contributed by atoms with E-state index in [4.69, 9.17) is 5.26 Å². The second kappa shape index (κ2) is 3.40. The molecule has 13 heavy (non-hydrogen) atoms. The summed E-state index contributed by atoms with van der Waals surface area (Å²) in [6, 6.07) is 5.92. The van der Waals surface area contributed by atoms with Gasteiger partial charge in [0.05, 0.1) is 0 Å². The number of pyridine rings is 1. The number of rotatable bonds is 1. The van der Waals surface area contributed by atoms with Crippen molar-refractivity contribution in [2.45, 2.75) is 18.8 Å². The highest BCUT2D eigenvalue weighted by Gasteiger charge is 2.11. The van der Waals surface area contributed by atoms with E-state index in [0.717, 1.165) is 12.8 Å². The highest BCUT2D eigenvalue weighted by molar-refractivity contribution is 5.31. The van der Waals surface area contributed by atoms with E-state index in [1.807, 2.05) is 12.1 Å². The minimum atomic E-state index is 0.495. The van der Waals surface area contributed by atoms with Crippen LogP contribution < -0.4 is 0 Å². The Morgan fingerprint density at radius 2 is 2.46 bits per heavy atom. The summed E-state index contributed by atoms with van der Waals surface area (Å²) in [7, 11) is 0. The average molecular weight is 170 g/mol. The molecule has 2 rings (SSSR count). The molecule has 1 unspecified atom stereocenters. The first-order valence-corrected chi connectivity index (χ1v) is 4.43. The smallest absolute Gasteiger partial charge is 0.140 e. The van der Waals surface area contributed by atoms with Crippen molar-refractivity contribution in [2.24, 2.45) is 0 Å². The number of aromatic nitrogens is 1. The zero-order chi connectivity index (χ0) is 9.10. The minimum absolute atomic E-state index is 0.495. The lowest BCUT2D eigenvalue weighted by atomic mass is 9.99. The zero-order valence-electron chi connectivity index (χ0n) is 7.27. The average Bonchev–Trinajstić information content (AvgIpc) is 2.71. The molecular weight excluding hydrogens is 160 g/mol. The van der Waals surface area contributed by atoms with E-state index in [9.17, 15) is 0 Å². The van der Waals surface area contributed by atoms with E-state index >= 15 is 0 Å². The van der Waals surface area contributed by atoms with Gasteiger partial charge in [-0.15, -0.1) is 0 Å². The van der Waals surface area contributed by atoms with E-state index in [-0.39, 0.29) is 0 Å². The van der Waals surface area contributed by atoms with Gasteiger partial charge in [-0.3, -0.25) is 0 Å². The molecule has 0 fully saturated rings. The number of hydrogen-bond acceptors (Lipinski definition) is 2. The fourth-order valence-electron chi connectivity index (χ4n) is 1.65. The lowest BCUT2D eigenvalue weighted by Crippen LogP contribution is -1.93. The van der Waals surface area contributed by atoms with Gasteiger partial charge in [-0.05, 0) is 30.5 Å². The molecule has 0 aliphatic heterocycles. The molecule has 0 saturated carbocycles. The summed E-state index contributed by atoms with van der Waals surface area (Å²) in [5, 5.41) is 8.67. The zero-order valence-corrected chi connectivity index (χ0v) is 7.27. The third-order valence-corrected chi connectivity index (χ3v) is 2.34. The molecular formula is C11H10N2. The molecule has 0 amide bonds. The molecule has 1 aliphatic carbocycles. The molecule has 1 aliphatic rings. The van der Waals surface area contributed by atoms with Gasteiger partial charge in [0.15, 0.2) is 0 Å². The Bertz CT molecular complexity index is 374. The first-order valence-electron chi connectivity index (χ1n) is 4.43. The maximum absolute atomic E-state index is 8.67. The molecule has 0 saturated heterocycles. The molecule has 0 N–H and O–H groups in total. The van der Waals surface area contributed by atoms with Crippen LogP contribution >= 0.6 is 0 Å². The van der Waals surface area contributed by atoms with Crippen LogP contribution in [0.3, 0.4) is 0 Å². The molecule has 0 radical (unpaired) electrons. The predicted octanol–water partition coefficient (Wildman–Crippen LogP) is 2.39. The van der Waals surface area contributed by atoms with Crippen LogP contribution in [0, 0.1) is 11.3 Å². The van der Waals surface area contributed by atoms with Crippen molar-refractivity contribution in [3.63, 3.8) is 0 Å². The van der Waals surface area contributed by atoms with E-state index in [1.165, 1.54) is 5.56 Å². The van der Waals surface area contributed by atoms with E-state index in [0.29, 0.717) is 11.6 Å². The normalized spacial score (nSPS) is 20.1. The highest BCUT2D eigenvalue weighted by Crippen LogP contribution is 2.27. The number of nitriles is 1. The first-order chi connectivity index (χ1) is 6.40. The second-order valence-corrected chi connectivity index (χ2v) is 3.20. The Morgan fingerprint density at radius 1 is 1.54 bits per heavy atom. The summed E-state index contributed by atoms with van der Waals surface area (Å²) in [6.45, 7) is 0.